The third kappa shape index (κ3) is 3.29. The van der Waals surface area contributed by atoms with E-state index in [-0.39, 0.29) is 24.1 Å². The molecule has 0 aromatic heterocycles. The van der Waals surface area contributed by atoms with Crippen LogP contribution < -0.4 is 11.1 Å². The molecule has 0 aliphatic rings. The van der Waals surface area contributed by atoms with E-state index in [1.54, 1.807) is 12.1 Å². The van der Waals surface area contributed by atoms with Crippen LogP contribution >= 0.6 is 0 Å². The zero-order chi connectivity index (χ0) is 14.5. The normalized spacial score (nSPS) is 11.8. The maximum atomic E-state index is 11.1. The second-order valence-corrected chi connectivity index (χ2v) is 4.73. The number of hydrogen-bond donors (Lipinski definition) is 3. The highest BCUT2D eigenvalue weighted by molar-refractivity contribution is 5.78. The largest absolute Gasteiger partial charge is 0.508 e. The zero-order valence-corrected chi connectivity index (χ0v) is 11.3. The summed E-state index contributed by atoms with van der Waals surface area (Å²) >= 11 is 0. The van der Waals surface area contributed by atoms with Crippen molar-refractivity contribution in [2.75, 3.05) is 5.32 Å². The molecule has 0 aliphatic heterocycles. The average Bonchev–Trinajstić information content (AvgIpc) is 2.41. The molecule has 2 rings (SSSR count). The lowest BCUT2D eigenvalue weighted by atomic mass is 10.0. The number of benzene rings is 2. The molecule has 0 spiro atoms. The summed E-state index contributed by atoms with van der Waals surface area (Å²) in [6.07, 6.45) is 0.191. The van der Waals surface area contributed by atoms with Gasteiger partial charge in [-0.1, -0.05) is 36.4 Å². The van der Waals surface area contributed by atoms with Crippen LogP contribution in [-0.2, 0) is 11.2 Å². The fourth-order valence-electron chi connectivity index (χ4n) is 2.17. The van der Waals surface area contributed by atoms with Gasteiger partial charge in [-0.15, -0.1) is 0 Å². The van der Waals surface area contributed by atoms with Crippen LogP contribution in [0.25, 0.3) is 0 Å². The molecule has 0 radical (unpaired) electrons. The van der Waals surface area contributed by atoms with Gasteiger partial charge in [-0.05, 0) is 24.6 Å². The molecular formula is C16H18N2O2. The monoisotopic (exact) mass is 270 g/mol. The van der Waals surface area contributed by atoms with Crippen molar-refractivity contribution in [1.29, 1.82) is 0 Å². The molecule has 0 saturated heterocycles. The predicted molar refractivity (Wildman–Crippen MR) is 79.5 cm³/mol. The van der Waals surface area contributed by atoms with E-state index in [2.05, 4.69) is 5.32 Å². The lowest BCUT2D eigenvalue weighted by Crippen LogP contribution is -2.16. The minimum Gasteiger partial charge on any atom is -0.508 e. The number of phenols is 1. The summed E-state index contributed by atoms with van der Waals surface area (Å²) in [4.78, 5) is 11.1. The molecule has 104 valence electrons. The van der Waals surface area contributed by atoms with Gasteiger partial charge in [0.15, 0.2) is 0 Å². The van der Waals surface area contributed by atoms with Crippen LogP contribution in [0.3, 0.4) is 0 Å². The maximum Gasteiger partial charge on any atom is 0.221 e. The van der Waals surface area contributed by atoms with Crippen LogP contribution in [-0.4, -0.2) is 11.0 Å². The quantitative estimate of drug-likeness (QED) is 0.781. The molecule has 4 heteroatoms. The smallest absolute Gasteiger partial charge is 0.221 e. The number of para-hydroxylation sites is 2. The molecule has 4 nitrogen and oxygen atoms in total. The van der Waals surface area contributed by atoms with E-state index in [1.807, 2.05) is 43.3 Å². The Balaban J connectivity index is 2.22. The van der Waals surface area contributed by atoms with E-state index in [0.717, 1.165) is 16.8 Å². The molecule has 0 heterocycles. The van der Waals surface area contributed by atoms with Crippen LogP contribution in [0.5, 0.6) is 5.75 Å². The molecule has 2 aromatic carbocycles. The lowest BCUT2D eigenvalue weighted by molar-refractivity contribution is -0.117. The number of nitrogens with two attached hydrogens (primary N) is 1. The first-order chi connectivity index (χ1) is 9.58. The first-order valence-corrected chi connectivity index (χ1v) is 6.48. The minimum atomic E-state index is -0.366. The fraction of sp³-hybridized carbons (Fsp3) is 0.188. The second-order valence-electron chi connectivity index (χ2n) is 4.73. The number of hydrogen-bond acceptors (Lipinski definition) is 3. The molecular weight excluding hydrogens is 252 g/mol. The second kappa shape index (κ2) is 6.10. The van der Waals surface area contributed by atoms with E-state index in [4.69, 9.17) is 5.73 Å². The fourth-order valence-corrected chi connectivity index (χ4v) is 2.17. The minimum absolute atomic E-state index is 0.0785. The first-order valence-electron chi connectivity index (χ1n) is 6.48. The Hall–Kier alpha value is -2.49. The summed E-state index contributed by atoms with van der Waals surface area (Å²) in [6.45, 7) is 1.95. The van der Waals surface area contributed by atoms with Crippen LogP contribution in [0.2, 0.25) is 0 Å². The van der Waals surface area contributed by atoms with Crippen molar-refractivity contribution >= 4 is 11.6 Å². The summed E-state index contributed by atoms with van der Waals surface area (Å²) in [5, 5.41) is 13.2. The van der Waals surface area contributed by atoms with Gasteiger partial charge in [-0.2, -0.15) is 0 Å². The van der Waals surface area contributed by atoms with Crippen LogP contribution in [0.1, 0.15) is 24.1 Å². The summed E-state index contributed by atoms with van der Waals surface area (Å²) < 4.78 is 0. The highest BCUT2D eigenvalue weighted by atomic mass is 16.3. The standard InChI is InChI=1S/C16H18N2O2/c1-11(13-7-3-5-9-15(13)19)18-14-8-4-2-6-12(14)10-16(17)20/h2-9,11,18-19H,10H2,1H3,(H2,17,20). The van der Waals surface area contributed by atoms with Gasteiger partial charge in [0.25, 0.3) is 0 Å². The first kappa shape index (κ1) is 13.9. The van der Waals surface area contributed by atoms with E-state index in [1.165, 1.54) is 0 Å². The highest BCUT2D eigenvalue weighted by Gasteiger charge is 2.12. The van der Waals surface area contributed by atoms with Crippen molar-refractivity contribution in [3.05, 3.63) is 59.7 Å². The highest BCUT2D eigenvalue weighted by Crippen LogP contribution is 2.27. The van der Waals surface area contributed by atoms with Gasteiger partial charge >= 0.3 is 0 Å². The Labute approximate surface area is 118 Å². The van der Waals surface area contributed by atoms with Crippen molar-refractivity contribution < 1.29 is 9.90 Å². The molecule has 0 saturated carbocycles. The van der Waals surface area contributed by atoms with Gasteiger partial charge in [0.2, 0.25) is 5.91 Å². The van der Waals surface area contributed by atoms with E-state index in [9.17, 15) is 9.90 Å². The molecule has 1 unspecified atom stereocenters. The van der Waals surface area contributed by atoms with Crippen molar-refractivity contribution in [3.8, 4) is 5.75 Å². The van der Waals surface area contributed by atoms with Crippen LogP contribution in [0.15, 0.2) is 48.5 Å². The molecule has 4 N–H and O–H groups in total. The third-order valence-corrected chi connectivity index (χ3v) is 3.16. The van der Waals surface area contributed by atoms with Crippen molar-refractivity contribution in [2.24, 2.45) is 5.73 Å². The van der Waals surface area contributed by atoms with Gasteiger partial charge in [0.05, 0.1) is 12.5 Å². The molecule has 0 fully saturated rings. The maximum absolute atomic E-state index is 11.1. The predicted octanol–water partition coefficient (Wildman–Crippen LogP) is 2.59. The van der Waals surface area contributed by atoms with Gasteiger partial charge in [0, 0.05) is 11.3 Å². The van der Waals surface area contributed by atoms with Crippen molar-refractivity contribution in [3.63, 3.8) is 0 Å². The molecule has 0 bridgehead atoms. The van der Waals surface area contributed by atoms with Crippen LogP contribution in [0.4, 0.5) is 5.69 Å². The summed E-state index contributed by atoms with van der Waals surface area (Å²) in [6, 6.07) is 14.6. The number of aromatic hydroxyl groups is 1. The van der Waals surface area contributed by atoms with Gasteiger partial charge in [-0.3, -0.25) is 4.79 Å². The number of nitrogens with one attached hydrogen (secondary N) is 1. The molecule has 0 aliphatic carbocycles. The number of primary amides is 1. The Morgan fingerprint density at radius 3 is 2.55 bits per heavy atom. The van der Waals surface area contributed by atoms with E-state index >= 15 is 0 Å². The number of amides is 1. The number of anilines is 1. The molecule has 1 atom stereocenters. The number of carbonyl (C=O) groups is 1. The number of carbonyl (C=O) groups excluding carboxylic acids is 1. The van der Waals surface area contributed by atoms with Gasteiger partial charge in [0.1, 0.15) is 5.75 Å². The number of phenolic OH excluding ortho intramolecular Hbond substituents is 1. The Kier molecular flexibility index (Phi) is 4.25. The zero-order valence-electron chi connectivity index (χ0n) is 11.3. The summed E-state index contributed by atoms with van der Waals surface area (Å²) in [7, 11) is 0. The van der Waals surface area contributed by atoms with Gasteiger partial charge in [-0.25, -0.2) is 0 Å². The van der Waals surface area contributed by atoms with Crippen molar-refractivity contribution in [2.45, 2.75) is 19.4 Å². The summed E-state index contributed by atoms with van der Waals surface area (Å²) in [5.41, 5.74) is 7.76. The number of rotatable bonds is 5. The molecule has 2 aromatic rings. The Morgan fingerprint density at radius 1 is 1.20 bits per heavy atom. The molecule has 1 amide bonds. The van der Waals surface area contributed by atoms with E-state index < -0.39 is 0 Å². The molecule has 20 heavy (non-hydrogen) atoms. The SMILES string of the molecule is CC(Nc1ccccc1CC(N)=O)c1ccccc1O. The Bertz CT molecular complexity index is 611. The lowest BCUT2D eigenvalue weighted by Gasteiger charge is -2.19. The van der Waals surface area contributed by atoms with Crippen molar-refractivity contribution in [1.82, 2.24) is 0 Å². The topological polar surface area (TPSA) is 75.3 Å². The third-order valence-electron chi connectivity index (χ3n) is 3.16. The van der Waals surface area contributed by atoms with Crippen LogP contribution in [0, 0.1) is 0 Å². The van der Waals surface area contributed by atoms with Gasteiger partial charge < -0.3 is 16.2 Å². The van der Waals surface area contributed by atoms with E-state index in [0.29, 0.717) is 0 Å². The average molecular weight is 270 g/mol. The summed E-state index contributed by atoms with van der Waals surface area (Å²) in [5.74, 6) is -0.116. The Morgan fingerprint density at radius 2 is 1.85 bits per heavy atom.